The fourth-order valence-electron chi connectivity index (χ4n) is 2.09. The van der Waals surface area contributed by atoms with E-state index in [4.69, 9.17) is 0 Å². The standard InChI is InChI=1S/C11H18N2O2S2/c1-7-11(15)13(8(2)10(14)12-7)5-9-6-16-3-4-17-9/h7-9H,3-6H2,1-2H3,(H,12,14). The van der Waals surface area contributed by atoms with Crippen LogP contribution >= 0.6 is 23.5 Å². The first-order valence-electron chi connectivity index (χ1n) is 5.90. The Morgan fingerprint density at radius 1 is 1.35 bits per heavy atom. The largest absolute Gasteiger partial charge is 0.343 e. The van der Waals surface area contributed by atoms with Gasteiger partial charge in [-0.1, -0.05) is 0 Å². The predicted molar refractivity (Wildman–Crippen MR) is 72.4 cm³/mol. The van der Waals surface area contributed by atoms with Gasteiger partial charge in [0.25, 0.3) is 0 Å². The molecule has 0 aliphatic carbocycles. The van der Waals surface area contributed by atoms with Gasteiger partial charge in [0.1, 0.15) is 12.1 Å². The Morgan fingerprint density at radius 3 is 2.76 bits per heavy atom. The van der Waals surface area contributed by atoms with Crippen LogP contribution in [0.4, 0.5) is 0 Å². The molecule has 2 aliphatic rings. The molecule has 2 saturated heterocycles. The van der Waals surface area contributed by atoms with E-state index in [9.17, 15) is 9.59 Å². The molecule has 0 radical (unpaired) electrons. The zero-order valence-corrected chi connectivity index (χ0v) is 11.8. The van der Waals surface area contributed by atoms with Crippen LogP contribution in [0.15, 0.2) is 0 Å². The smallest absolute Gasteiger partial charge is 0.245 e. The van der Waals surface area contributed by atoms with E-state index in [1.165, 1.54) is 5.75 Å². The zero-order chi connectivity index (χ0) is 12.4. The summed E-state index contributed by atoms with van der Waals surface area (Å²) in [7, 11) is 0. The Bertz CT molecular complexity index is 319. The maximum atomic E-state index is 12.1. The third-order valence-corrected chi connectivity index (χ3v) is 5.97. The van der Waals surface area contributed by atoms with E-state index in [0.717, 1.165) is 11.5 Å². The van der Waals surface area contributed by atoms with Gasteiger partial charge in [-0.25, -0.2) is 0 Å². The summed E-state index contributed by atoms with van der Waals surface area (Å²) in [5.41, 5.74) is 0. The van der Waals surface area contributed by atoms with E-state index in [0.29, 0.717) is 11.8 Å². The van der Waals surface area contributed by atoms with Crippen molar-refractivity contribution in [2.45, 2.75) is 31.2 Å². The van der Waals surface area contributed by atoms with Crippen molar-refractivity contribution in [1.82, 2.24) is 10.2 Å². The molecule has 0 spiro atoms. The van der Waals surface area contributed by atoms with Crippen LogP contribution in [0.25, 0.3) is 0 Å². The van der Waals surface area contributed by atoms with Crippen molar-refractivity contribution < 1.29 is 9.59 Å². The average Bonchev–Trinajstić information content (AvgIpc) is 2.33. The average molecular weight is 274 g/mol. The van der Waals surface area contributed by atoms with Gasteiger partial charge in [-0.2, -0.15) is 23.5 Å². The molecule has 3 atom stereocenters. The molecule has 17 heavy (non-hydrogen) atoms. The molecule has 2 fully saturated rings. The van der Waals surface area contributed by atoms with Crippen LogP contribution < -0.4 is 5.32 Å². The van der Waals surface area contributed by atoms with Crippen molar-refractivity contribution >= 4 is 35.3 Å². The third-order valence-electron chi connectivity index (χ3n) is 3.14. The minimum atomic E-state index is -0.375. The Balaban J connectivity index is 2.00. The summed E-state index contributed by atoms with van der Waals surface area (Å²) >= 11 is 3.85. The maximum absolute atomic E-state index is 12.1. The van der Waals surface area contributed by atoms with Crippen LogP contribution in [-0.2, 0) is 9.59 Å². The quantitative estimate of drug-likeness (QED) is 0.800. The number of nitrogens with zero attached hydrogens (tertiary/aromatic N) is 1. The van der Waals surface area contributed by atoms with Crippen LogP contribution in [0.3, 0.4) is 0 Å². The highest BCUT2D eigenvalue weighted by molar-refractivity contribution is 8.06. The van der Waals surface area contributed by atoms with Crippen LogP contribution in [-0.4, -0.2) is 57.9 Å². The molecule has 0 aromatic carbocycles. The second-order valence-corrected chi connectivity index (χ2v) is 7.02. The van der Waals surface area contributed by atoms with Gasteiger partial charge >= 0.3 is 0 Å². The molecule has 0 saturated carbocycles. The second kappa shape index (κ2) is 5.52. The van der Waals surface area contributed by atoms with Gasteiger partial charge in [0.2, 0.25) is 11.8 Å². The summed E-state index contributed by atoms with van der Waals surface area (Å²) in [4.78, 5) is 25.5. The van der Waals surface area contributed by atoms with Gasteiger partial charge < -0.3 is 10.2 Å². The fourth-order valence-corrected chi connectivity index (χ4v) is 4.75. The highest BCUT2D eigenvalue weighted by atomic mass is 32.2. The number of carbonyl (C=O) groups is 2. The lowest BCUT2D eigenvalue weighted by molar-refractivity contribution is -0.147. The Morgan fingerprint density at radius 2 is 2.12 bits per heavy atom. The Kier molecular flexibility index (Phi) is 4.25. The topological polar surface area (TPSA) is 49.4 Å². The summed E-state index contributed by atoms with van der Waals surface area (Å²) in [6.07, 6.45) is 0. The number of hydrogen-bond donors (Lipinski definition) is 1. The SMILES string of the molecule is CC1NC(=O)C(C)N(CC2CSCCS2)C1=O. The third kappa shape index (κ3) is 2.91. The lowest BCUT2D eigenvalue weighted by atomic mass is 10.1. The summed E-state index contributed by atoms with van der Waals surface area (Å²) in [6.45, 7) is 4.26. The van der Waals surface area contributed by atoms with Gasteiger partial charge in [-0.3, -0.25) is 9.59 Å². The number of amides is 2. The highest BCUT2D eigenvalue weighted by Gasteiger charge is 2.36. The summed E-state index contributed by atoms with van der Waals surface area (Å²) < 4.78 is 0. The van der Waals surface area contributed by atoms with E-state index >= 15 is 0 Å². The van der Waals surface area contributed by atoms with Crippen LogP contribution in [0.2, 0.25) is 0 Å². The van der Waals surface area contributed by atoms with E-state index in [1.807, 2.05) is 23.5 Å². The van der Waals surface area contributed by atoms with Crippen molar-refractivity contribution in [3.8, 4) is 0 Å². The molecule has 0 aromatic heterocycles. The summed E-state index contributed by atoms with van der Waals surface area (Å²) in [5, 5.41) is 3.17. The Labute approximate surface area is 110 Å². The van der Waals surface area contributed by atoms with Crippen molar-refractivity contribution in [3.05, 3.63) is 0 Å². The van der Waals surface area contributed by atoms with Crippen LogP contribution in [0.1, 0.15) is 13.8 Å². The molecule has 3 unspecified atom stereocenters. The van der Waals surface area contributed by atoms with Gasteiger partial charge in [-0.05, 0) is 13.8 Å². The Hall–Kier alpha value is -0.360. The fraction of sp³-hybridized carbons (Fsp3) is 0.818. The molecular weight excluding hydrogens is 256 g/mol. The molecular formula is C11H18N2O2S2. The minimum Gasteiger partial charge on any atom is -0.343 e. The molecule has 2 amide bonds. The number of piperazine rings is 1. The van der Waals surface area contributed by atoms with Crippen LogP contribution in [0.5, 0.6) is 0 Å². The molecule has 2 rings (SSSR count). The van der Waals surface area contributed by atoms with Crippen molar-refractivity contribution in [3.63, 3.8) is 0 Å². The number of carbonyl (C=O) groups excluding carboxylic acids is 2. The lowest BCUT2D eigenvalue weighted by Gasteiger charge is -2.38. The van der Waals surface area contributed by atoms with E-state index in [1.54, 1.807) is 18.7 Å². The number of thioether (sulfide) groups is 2. The normalized spacial score (nSPS) is 34.7. The van der Waals surface area contributed by atoms with Crippen molar-refractivity contribution in [2.24, 2.45) is 0 Å². The first-order valence-corrected chi connectivity index (χ1v) is 8.10. The summed E-state index contributed by atoms with van der Waals surface area (Å²) in [6, 6.07) is -0.703. The van der Waals surface area contributed by atoms with E-state index < -0.39 is 0 Å². The number of rotatable bonds is 2. The molecule has 2 aliphatic heterocycles. The van der Waals surface area contributed by atoms with E-state index in [-0.39, 0.29) is 23.9 Å². The van der Waals surface area contributed by atoms with E-state index in [2.05, 4.69) is 5.32 Å². The zero-order valence-electron chi connectivity index (χ0n) is 10.1. The maximum Gasteiger partial charge on any atom is 0.245 e. The molecule has 2 heterocycles. The van der Waals surface area contributed by atoms with Gasteiger partial charge in [0, 0.05) is 29.1 Å². The molecule has 1 N–H and O–H groups in total. The lowest BCUT2D eigenvalue weighted by Crippen LogP contribution is -2.62. The molecule has 0 bridgehead atoms. The second-order valence-electron chi connectivity index (χ2n) is 4.46. The monoisotopic (exact) mass is 274 g/mol. The number of nitrogens with one attached hydrogen (secondary N) is 1. The van der Waals surface area contributed by atoms with Gasteiger partial charge in [0.05, 0.1) is 0 Å². The summed E-state index contributed by atoms with van der Waals surface area (Å²) in [5.74, 6) is 3.44. The van der Waals surface area contributed by atoms with Crippen molar-refractivity contribution in [1.29, 1.82) is 0 Å². The number of hydrogen-bond acceptors (Lipinski definition) is 4. The van der Waals surface area contributed by atoms with Gasteiger partial charge in [0.15, 0.2) is 0 Å². The molecule has 6 heteroatoms. The first kappa shape index (κ1) is 13.1. The van der Waals surface area contributed by atoms with Crippen LogP contribution in [0, 0.1) is 0 Å². The highest BCUT2D eigenvalue weighted by Crippen LogP contribution is 2.26. The van der Waals surface area contributed by atoms with Crippen molar-refractivity contribution in [2.75, 3.05) is 23.8 Å². The molecule has 0 aromatic rings. The van der Waals surface area contributed by atoms with Gasteiger partial charge in [-0.15, -0.1) is 0 Å². The molecule has 96 valence electrons. The minimum absolute atomic E-state index is 0.0365. The first-order chi connectivity index (χ1) is 8.09. The molecule has 4 nitrogen and oxygen atoms in total. The predicted octanol–water partition coefficient (Wildman–Crippen LogP) is 0.570.